The van der Waals surface area contributed by atoms with Crippen molar-refractivity contribution >= 4 is 16.3 Å². The van der Waals surface area contributed by atoms with Crippen LogP contribution in [0.3, 0.4) is 0 Å². The van der Waals surface area contributed by atoms with Crippen molar-refractivity contribution in [2.45, 2.75) is 46.0 Å². The summed E-state index contributed by atoms with van der Waals surface area (Å²) in [6.45, 7) is 4.55. The maximum absolute atomic E-state index is 2.48. The van der Waals surface area contributed by atoms with Crippen molar-refractivity contribution in [2.24, 2.45) is 0 Å². The summed E-state index contributed by atoms with van der Waals surface area (Å²) in [5.41, 5.74) is 6.04. The van der Waals surface area contributed by atoms with Gasteiger partial charge in [-0.1, -0.05) is 75.2 Å². The Kier molecular flexibility index (Phi) is 4.24. The summed E-state index contributed by atoms with van der Waals surface area (Å²) in [7, 11) is 0. The molecular formula is C21H24. The molecule has 0 atom stereocenters. The van der Waals surface area contributed by atoms with Crippen molar-refractivity contribution in [2.75, 3.05) is 0 Å². The fourth-order valence-corrected chi connectivity index (χ4v) is 3.47. The number of rotatable bonds is 5. The van der Waals surface area contributed by atoms with Gasteiger partial charge in [-0.25, -0.2) is 0 Å². The molecule has 0 saturated carbocycles. The first kappa shape index (κ1) is 14.1. The minimum absolute atomic E-state index is 1.08. The molecule has 0 heterocycles. The van der Waals surface area contributed by atoms with E-state index in [2.05, 4.69) is 62.4 Å². The predicted octanol–water partition coefficient (Wildman–Crippen LogP) is 6.09. The molecular weight excluding hydrogens is 252 g/mol. The van der Waals surface area contributed by atoms with Gasteiger partial charge in [0.25, 0.3) is 0 Å². The van der Waals surface area contributed by atoms with Gasteiger partial charge in [0.1, 0.15) is 0 Å². The third-order valence-electron chi connectivity index (χ3n) is 4.34. The van der Waals surface area contributed by atoms with Gasteiger partial charge in [0.15, 0.2) is 0 Å². The van der Waals surface area contributed by atoms with Gasteiger partial charge in [-0.2, -0.15) is 0 Å². The van der Waals surface area contributed by atoms with Crippen LogP contribution in [-0.4, -0.2) is 0 Å². The molecule has 2 aromatic carbocycles. The summed E-state index contributed by atoms with van der Waals surface area (Å²) < 4.78 is 0. The van der Waals surface area contributed by atoms with E-state index in [1.54, 1.807) is 0 Å². The smallest absolute Gasteiger partial charge is 0.00881 e. The highest BCUT2D eigenvalue weighted by atomic mass is 14.2. The maximum Gasteiger partial charge on any atom is -0.00881 e. The van der Waals surface area contributed by atoms with Crippen molar-refractivity contribution in [3.63, 3.8) is 0 Å². The standard InChI is InChI=1S/C21H24/c1-3-9-17-15-18(10-4-2)21(16-11-5-6-12-16)20-14-8-7-13-19(17)20/h5-8,11,13-15H,3-4,9-10,12H2,1-2H3. The van der Waals surface area contributed by atoms with Crippen molar-refractivity contribution in [1.29, 1.82) is 0 Å². The van der Waals surface area contributed by atoms with Crippen LogP contribution >= 0.6 is 0 Å². The van der Waals surface area contributed by atoms with Crippen molar-refractivity contribution in [3.8, 4) is 0 Å². The van der Waals surface area contributed by atoms with E-state index in [0.717, 1.165) is 6.42 Å². The molecule has 0 radical (unpaired) electrons. The molecule has 0 N–H and O–H groups in total. The van der Waals surface area contributed by atoms with Crippen LogP contribution in [-0.2, 0) is 12.8 Å². The maximum atomic E-state index is 2.48. The van der Waals surface area contributed by atoms with Crippen molar-refractivity contribution < 1.29 is 0 Å². The van der Waals surface area contributed by atoms with Crippen LogP contribution in [0.5, 0.6) is 0 Å². The second-order valence-electron chi connectivity index (χ2n) is 5.94. The average Bonchev–Trinajstić information content (AvgIpc) is 3.02. The van der Waals surface area contributed by atoms with Gasteiger partial charge in [0, 0.05) is 0 Å². The molecule has 0 bridgehead atoms. The van der Waals surface area contributed by atoms with E-state index in [4.69, 9.17) is 0 Å². The predicted molar refractivity (Wildman–Crippen MR) is 93.7 cm³/mol. The monoisotopic (exact) mass is 276 g/mol. The third kappa shape index (κ3) is 2.68. The minimum Gasteiger partial charge on any atom is -0.0801 e. The van der Waals surface area contributed by atoms with Gasteiger partial charge in [-0.3, -0.25) is 0 Å². The van der Waals surface area contributed by atoms with Gasteiger partial charge >= 0.3 is 0 Å². The van der Waals surface area contributed by atoms with Crippen LogP contribution < -0.4 is 0 Å². The summed E-state index contributed by atoms with van der Waals surface area (Å²) in [5.74, 6) is 0. The average molecular weight is 276 g/mol. The number of benzene rings is 2. The third-order valence-corrected chi connectivity index (χ3v) is 4.34. The molecule has 0 unspecified atom stereocenters. The first-order valence-electron chi connectivity index (χ1n) is 8.24. The molecule has 0 fully saturated rings. The van der Waals surface area contributed by atoms with Crippen LogP contribution in [0.15, 0.2) is 48.6 Å². The van der Waals surface area contributed by atoms with E-state index in [1.807, 2.05) is 0 Å². The molecule has 0 aromatic heterocycles. The van der Waals surface area contributed by atoms with Crippen LogP contribution in [0.1, 0.15) is 49.8 Å². The fraction of sp³-hybridized carbons (Fsp3) is 0.333. The Labute approximate surface area is 128 Å². The molecule has 0 heteroatoms. The second-order valence-corrected chi connectivity index (χ2v) is 5.94. The molecule has 0 amide bonds. The Hall–Kier alpha value is -1.82. The molecule has 3 rings (SSSR count). The fourth-order valence-electron chi connectivity index (χ4n) is 3.47. The molecule has 108 valence electrons. The molecule has 1 aliphatic carbocycles. The molecule has 1 aliphatic rings. The number of allylic oxidation sites excluding steroid dienone is 4. The number of aryl methyl sites for hydroxylation is 2. The van der Waals surface area contributed by atoms with Gasteiger partial charge in [-0.15, -0.1) is 0 Å². The molecule has 2 aromatic rings. The summed E-state index contributed by atoms with van der Waals surface area (Å²) in [4.78, 5) is 0. The summed E-state index contributed by atoms with van der Waals surface area (Å²) >= 11 is 0. The summed E-state index contributed by atoms with van der Waals surface area (Å²) in [6.07, 6.45) is 12.6. The van der Waals surface area contributed by atoms with Crippen LogP contribution in [0, 0.1) is 0 Å². The molecule has 0 saturated heterocycles. The number of fused-ring (bicyclic) bond motifs is 1. The lowest BCUT2D eigenvalue weighted by molar-refractivity contribution is 0.899. The van der Waals surface area contributed by atoms with E-state index < -0.39 is 0 Å². The zero-order chi connectivity index (χ0) is 14.7. The highest BCUT2D eigenvalue weighted by Crippen LogP contribution is 2.35. The van der Waals surface area contributed by atoms with Gasteiger partial charge in [-0.05, 0) is 52.3 Å². The second kappa shape index (κ2) is 6.30. The number of hydrogen-bond acceptors (Lipinski definition) is 0. The van der Waals surface area contributed by atoms with Gasteiger partial charge in [0.05, 0.1) is 0 Å². The zero-order valence-electron chi connectivity index (χ0n) is 13.2. The highest BCUT2D eigenvalue weighted by Gasteiger charge is 2.15. The first-order valence-corrected chi connectivity index (χ1v) is 8.24. The Balaban J connectivity index is 2.27. The highest BCUT2D eigenvalue weighted by molar-refractivity contribution is 5.98. The molecule has 0 nitrogen and oxygen atoms in total. The van der Waals surface area contributed by atoms with Crippen LogP contribution in [0.4, 0.5) is 0 Å². The van der Waals surface area contributed by atoms with Gasteiger partial charge in [0.2, 0.25) is 0 Å². The number of hydrogen-bond donors (Lipinski definition) is 0. The van der Waals surface area contributed by atoms with E-state index in [0.29, 0.717) is 0 Å². The molecule has 21 heavy (non-hydrogen) atoms. The van der Waals surface area contributed by atoms with Gasteiger partial charge < -0.3 is 0 Å². The van der Waals surface area contributed by atoms with Crippen molar-refractivity contribution in [3.05, 3.63) is 65.3 Å². The van der Waals surface area contributed by atoms with E-state index in [1.165, 1.54) is 58.7 Å². The lowest BCUT2D eigenvalue weighted by atomic mass is 9.87. The van der Waals surface area contributed by atoms with Crippen molar-refractivity contribution in [1.82, 2.24) is 0 Å². The van der Waals surface area contributed by atoms with Crippen LogP contribution in [0.25, 0.3) is 16.3 Å². The Morgan fingerprint density at radius 3 is 2.29 bits per heavy atom. The molecule has 0 spiro atoms. The topological polar surface area (TPSA) is 0 Å². The quantitative estimate of drug-likeness (QED) is 0.620. The summed E-state index contributed by atoms with van der Waals surface area (Å²) in [6, 6.07) is 11.4. The Morgan fingerprint density at radius 1 is 0.905 bits per heavy atom. The minimum atomic E-state index is 1.08. The first-order chi connectivity index (χ1) is 10.3. The van der Waals surface area contributed by atoms with E-state index in [9.17, 15) is 0 Å². The largest absolute Gasteiger partial charge is 0.0801 e. The lowest BCUT2D eigenvalue weighted by Crippen LogP contribution is -1.99. The lowest BCUT2D eigenvalue weighted by Gasteiger charge is -2.17. The Bertz CT molecular complexity index is 701. The van der Waals surface area contributed by atoms with E-state index >= 15 is 0 Å². The zero-order valence-corrected chi connectivity index (χ0v) is 13.2. The molecule has 0 aliphatic heterocycles. The summed E-state index contributed by atoms with van der Waals surface area (Å²) in [5, 5.41) is 2.89. The normalized spacial score (nSPS) is 13.9. The SMILES string of the molecule is CCCc1cc(CCC)c2ccccc2c1C1=CC=CC1. The van der Waals surface area contributed by atoms with E-state index in [-0.39, 0.29) is 0 Å². The Morgan fingerprint density at radius 2 is 1.62 bits per heavy atom. The van der Waals surface area contributed by atoms with Crippen LogP contribution in [0.2, 0.25) is 0 Å².